The number of carbonyl (C=O) groups is 2. The molecule has 1 aliphatic rings. The third-order valence-electron chi connectivity index (χ3n) is 3.25. The average Bonchev–Trinajstić information content (AvgIpc) is 2.80. The summed E-state index contributed by atoms with van der Waals surface area (Å²) in [7, 11) is 0. The number of benzene rings is 1. The molecule has 3 N–H and O–H groups in total. The molecule has 0 saturated carbocycles. The molecule has 110 valence electrons. The van der Waals surface area contributed by atoms with Crippen LogP contribution in [-0.2, 0) is 4.79 Å². The van der Waals surface area contributed by atoms with E-state index in [-0.39, 0.29) is 5.91 Å². The maximum Gasteiger partial charge on any atom is 0.248 e. The van der Waals surface area contributed by atoms with E-state index in [1.807, 2.05) is 6.07 Å². The number of hydrogen-bond donors (Lipinski definition) is 2. The van der Waals surface area contributed by atoms with Crippen LogP contribution in [0.1, 0.15) is 21.8 Å². The van der Waals surface area contributed by atoms with E-state index < -0.39 is 11.8 Å². The summed E-state index contributed by atoms with van der Waals surface area (Å²) < 4.78 is 0.789. The number of amides is 2. The van der Waals surface area contributed by atoms with Gasteiger partial charge in [0.2, 0.25) is 11.8 Å². The molecule has 1 aromatic heterocycles. The summed E-state index contributed by atoms with van der Waals surface area (Å²) in [5.74, 6) is -0.683. The lowest BCUT2D eigenvalue weighted by molar-refractivity contribution is -0.115. The van der Waals surface area contributed by atoms with Gasteiger partial charge < -0.3 is 11.1 Å². The molecule has 2 amide bonds. The molecule has 1 atom stereocenters. The molecular formula is C15H11BrN4O2. The maximum atomic E-state index is 12.0. The molecule has 1 unspecified atom stereocenters. The zero-order valence-corrected chi connectivity index (χ0v) is 12.9. The molecule has 22 heavy (non-hydrogen) atoms. The summed E-state index contributed by atoms with van der Waals surface area (Å²) in [6.45, 7) is 0. The van der Waals surface area contributed by atoms with E-state index in [2.05, 4.69) is 31.2 Å². The lowest BCUT2D eigenvalue weighted by atomic mass is 10.0. The molecular weight excluding hydrogens is 348 g/mol. The highest BCUT2D eigenvalue weighted by molar-refractivity contribution is 9.10. The van der Waals surface area contributed by atoms with Crippen LogP contribution >= 0.6 is 15.9 Å². The molecule has 0 saturated heterocycles. The van der Waals surface area contributed by atoms with Crippen molar-refractivity contribution in [2.24, 2.45) is 10.7 Å². The van der Waals surface area contributed by atoms with E-state index in [9.17, 15) is 9.59 Å². The van der Waals surface area contributed by atoms with Crippen LogP contribution in [0.2, 0.25) is 0 Å². The number of carbonyl (C=O) groups excluding carboxylic acids is 2. The molecule has 2 aromatic rings. The third kappa shape index (κ3) is 2.75. The highest BCUT2D eigenvalue weighted by atomic mass is 79.9. The largest absolute Gasteiger partial charge is 0.366 e. The summed E-state index contributed by atoms with van der Waals surface area (Å²) in [6.07, 6.45) is 3.16. The van der Waals surface area contributed by atoms with Crippen LogP contribution in [-0.4, -0.2) is 23.0 Å². The molecule has 0 spiro atoms. The Bertz CT molecular complexity index is 804. The minimum Gasteiger partial charge on any atom is -0.366 e. The second-order valence-corrected chi connectivity index (χ2v) is 5.67. The van der Waals surface area contributed by atoms with Gasteiger partial charge in [-0.05, 0) is 40.2 Å². The first-order valence-corrected chi connectivity index (χ1v) is 7.24. The average molecular weight is 359 g/mol. The molecule has 0 aliphatic carbocycles. The van der Waals surface area contributed by atoms with Crippen LogP contribution in [0.4, 0.5) is 11.5 Å². The van der Waals surface area contributed by atoms with Crippen molar-refractivity contribution in [3.63, 3.8) is 0 Å². The summed E-state index contributed by atoms with van der Waals surface area (Å²) in [6, 6.07) is 8.44. The van der Waals surface area contributed by atoms with Crippen LogP contribution in [0.3, 0.4) is 0 Å². The minimum atomic E-state index is -0.519. The Kier molecular flexibility index (Phi) is 3.72. The van der Waals surface area contributed by atoms with Crippen LogP contribution in [0, 0.1) is 0 Å². The second-order valence-electron chi connectivity index (χ2n) is 4.75. The first kappa shape index (κ1) is 14.4. The van der Waals surface area contributed by atoms with Crippen LogP contribution < -0.4 is 11.1 Å². The van der Waals surface area contributed by atoms with Crippen molar-refractivity contribution in [2.45, 2.75) is 5.92 Å². The number of pyridine rings is 1. The number of rotatable bonds is 3. The van der Waals surface area contributed by atoms with Gasteiger partial charge in [0.1, 0.15) is 11.7 Å². The molecule has 0 bridgehead atoms. The van der Waals surface area contributed by atoms with Gasteiger partial charge >= 0.3 is 0 Å². The quantitative estimate of drug-likeness (QED) is 0.824. The molecule has 6 nitrogen and oxygen atoms in total. The summed E-state index contributed by atoms with van der Waals surface area (Å²) in [4.78, 5) is 31.6. The number of nitrogens with one attached hydrogen (secondary N) is 1. The van der Waals surface area contributed by atoms with Gasteiger partial charge in [0.25, 0.3) is 0 Å². The van der Waals surface area contributed by atoms with Crippen molar-refractivity contribution in [1.29, 1.82) is 0 Å². The Morgan fingerprint density at radius 1 is 1.41 bits per heavy atom. The molecule has 1 aliphatic heterocycles. The Morgan fingerprint density at radius 3 is 3.00 bits per heavy atom. The highest BCUT2D eigenvalue weighted by Crippen LogP contribution is 2.32. The molecule has 1 aromatic carbocycles. The number of nitrogens with two attached hydrogens (primary N) is 1. The predicted octanol–water partition coefficient (Wildman–Crippen LogP) is 2.38. The van der Waals surface area contributed by atoms with E-state index in [4.69, 9.17) is 5.73 Å². The van der Waals surface area contributed by atoms with Crippen molar-refractivity contribution >= 4 is 45.5 Å². The Balaban J connectivity index is 1.90. The molecule has 7 heteroatoms. The number of nitrogens with zero attached hydrogens (tertiary/aromatic N) is 2. The predicted molar refractivity (Wildman–Crippen MR) is 86.4 cm³/mol. The van der Waals surface area contributed by atoms with Gasteiger partial charge in [-0.3, -0.25) is 14.6 Å². The lowest BCUT2D eigenvalue weighted by Gasteiger charge is -2.02. The molecule has 2 heterocycles. The lowest BCUT2D eigenvalue weighted by Crippen LogP contribution is -2.13. The van der Waals surface area contributed by atoms with Gasteiger partial charge in [-0.15, -0.1) is 0 Å². The Morgan fingerprint density at radius 2 is 2.23 bits per heavy atom. The molecule has 3 rings (SSSR count). The fraction of sp³-hybridized carbons (Fsp3) is 0.0667. The number of primary amides is 1. The first-order chi connectivity index (χ1) is 10.5. The van der Waals surface area contributed by atoms with E-state index in [1.54, 1.807) is 30.5 Å². The first-order valence-electron chi connectivity index (χ1n) is 6.45. The maximum absolute atomic E-state index is 12.0. The van der Waals surface area contributed by atoms with Crippen molar-refractivity contribution in [3.05, 3.63) is 52.1 Å². The number of halogens is 1. The van der Waals surface area contributed by atoms with E-state index in [1.165, 1.54) is 6.21 Å². The minimum absolute atomic E-state index is 0.185. The van der Waals surface area contributed by atoms with E-state index >= 15 is 0 Å². The monoisotopic (exact) mass is 358 g/mol. The number of hydrogen-bond acceptors (Lipinski definition) is 4. The normalized spacial score (nSPS) is 16.6. The summed E-state index contributed by atoms with van der Waals surface area (Å²) in [5.41, 5.74) is 6.92. The number of aliphatic imine (C=N–C) groups is 1. The van der Waals surface area contributed by atoms with Gasteiger partial charge in [0.15, 0.2) is 0 Å². The molecule has 0 fully saturated rings. The smallest absolute Gasteiger partial charge is 0.248 e. The van der Waals surface area contributed by atoms with Gasteiger partial charge in [-0.2, -0.15) is 0 Å². The number of aromatic nitrogens is 1. The zero-order valence-electron chi connectivity index (χ0n) is 11.3. The van der Waals surface area contributed by atoms with Gasteiger partial charge in [0, 0.05) is 28.0 Å². The van der Waals surface area contributed by atoms with Crippen LogP contribution in [0.25, 0.3) is 0 Å². The van der Waals surface area contributed by atoms with Crippen molar-refractivity contribution in [3.8, 4) is 0 Å². The van der Waals surface area contributed by atoms with Crippen molar-refractivity contribution < 1.29 is 9.59 Å². The summed E-state index contributed by atoms with van der Waals surface area (Å²) in [5, 5.41) is 2.70. The molecule has 0 radical (unpaired) electrons. The Labute approximate surface area is 134 Å². The fourth-order valence-corrected chi connectivity index (χ4v) is 2.53. The van der Waals surface area contributed by atoms with E-state index in [0.717, 1.165) is 10.0 Å². The number of anilines is 1. The second kappa shape index (κ2) is 5.69. The highest BCUT2D eigenvalue weighted by Gasteiger charge is 2.30. The summed E-state index contributed by atoms with van der Waals surface area (Å²) >= 11 is 3.34. The van der Waals surface area contributed by atoms with E-state index in [0.29, 0.717) is 17.1 Å². The standard InChI is InChI=1S/C15H11BrN4O2/c16-9-5-11-12(15(22)20-14(11)19-6-9)7-18-10-3-1-2-8(4-10)13(17)21/h1-7,12H,(H2,17,21)(H,19,20,22). The van der Waals surface area contributed by atoms with Crippen molar-refractivity contribution in [1.82, 2.24) is 4.98 Å². The number of fused-ring (bicyclic) bond motifs is 1. The van der Waals surface area contributed by atoms with Crippen molar-refractivity contribution in [2.75, 3.05) is 5.32 Å². The van der Waals surface area contributed by atoms with Gasteiger partial charge in [-0.25, -0.2) is 4.98 Å². The topological polar surface area (TPSA) is 97.4 Å². The third-order valence-corrected chi connectivity index (χ3v) is 3.68. The van der Waals surface area contributed by atoms with Crippen LogP contribution in [0.5, 0.6) is 0 Å². The fourth-order valence-electron chi connectivity index (χ4n) is 2.18. The van der Waals surface area contributed by atoms with Crippen LogP contribution in [0.15, 0.2) is 46.0 Å². The SMILES string of the molecule is NC(=O)c1cccc(N=CC2C(=O)Nc3ncc(Br)cc32)c1. The van der Waals surface area contributed by atoms with Gasteiger partial charge in [-0.1, -0.05) is 6.07 Å². The zero-order chi connectivity index (χ0) is 15.7. The Hall–Kier alpha value is -2.54. The van der Waals surface area contributed by atoms with Gasteiger partial charge in [0.05, 0.1) is 5.69 Å².